The number of benzene rings is 2. The Balaban J connectivity index is 1.65. The fourth-order valence-corrected chi connectivity index (χ4v) is 2.74. The van der Waals surface area contributed by atoms with Crippen LogP contribution in [0.25, 0.3) is 5.69 Å². The number of nitrogens with one attached hydrogen (secondary N) is 1. The molecule has 3 aromatic rings. The van der Waals surface area contributed by atoms with Crippen LogP contribution in [-0.2, 0) is 11.3 Å². The van der Waals surface area contributed by atoms with Gasteiger partial charge in [0, 0.05) is 23.7 Å². The molecule has 2 aromatic carbocycles. The van der Waals surface area contributed by atoms with Crippen molar-refractivity contribution in [3.05, 3.63) is 86.7 Å². The third-order valence-electron chi connectivity index (χ3n) is 4.30. The monoisotopic (exact) mass is 397 g/mol. The van der Waals surface area contributed by atoms with Crippen LogP contribution in [0.5, 0.6) is 5.88 Å². The molecule has 0 aliphatic rings. The van der Waals surface area contributed by atoms with Crippen LogP contribution in [0.1, 0.15) is 16.7 Å². The SMILES string of the molecule is Cc1ccc(-n2nc(OCC(=O)NCc3ccccc3Cl)ccc2=O)cc1C. The molecule has 6 nitrogen and oxygen atoms in total. The number of hydrogen-bond acceptors (Lipinski definition) is 4. The number of carbonyl (C=O) groups excluding carboxylic acids is 1. The average molecular weight is 398 g/mol. The highest BCUT2D eigenvalue weighted by Gasteiger charge is 2.08. The van der Waals surface area contributed by atoms with Crippen LogP contribution in [0, 0.1) is 13.8 Å². The largest absolute Gasteiger partial charge is 0.467 e. The summed E-state index contributed by atoms with van der Waals surface area (Å²) in [6.07, 6.45) is 0. The Morgan fingerprint density at radius 1 is 1.11 bits per heavy atom. The van der Waals surface area contributed by atoms with Gasteiger partial charge in [0.15, 0.2) is 6.61 Å². The van der Waals surface area contributed by atoms with Gasteiger partial charge in [-0.1, -0.05) is 35.9 Å². The molecule has 0 atom stereocenters. The molecular formula is C21H20ClN3O3. The molecule has 0 saturated heterocycles. The lowest BCUT2D eigenvalue weighted by Gasteiger charge is -2.10. The van der Waals surface area contributed by atoms with E-state index in [1.54, 1.807) is 6.07 Å². The highest BCUT2D eigenvalue weighted by molar-refractivity contribution is 6.31. The Labute approximate surface area is 167 Å². The molecule has 1 N–H and O–H groups in total. The summed E-state index contributed by atoms with van der Waals surface area (Å²) in [7, 11) is 0. The molecule has 0 aliphatic carbocycles. The van der Waals surface area contributed by atoms with Crippen molar-refractivity contribution in [2.24, 2.45) is 0 Å². The Morgan fingerprint density at radius 3 is 2.64 bits per heavy atom. The fourth-order valence-electron chi connectivity index (χ4n) is 2.54. The lowest BCUT2D eigenvalue weighted by molar-refractivity contribution is -0.123. The minimum Gasteiger partial charge on any atom is -0.467 e. The predicted octanol–water partition coefficient (Wildman–Crippen LogP) is 3.20. The third-order valence-corrected chi connectivity index (χ3v) is 4.66. The number of nitrogens with zero attached hydrogens (tertiary/aromatic N) is 2. The lowest BCUT2D eigenvalue weighted by atomic mass is 10.1. The molecule has 0 bridgehead atoms. The zero-order chi connectivity index (χ0) is 20.1. The normalized spacial score (nSPS) is 10.5. The van der Waals surface area contributed by atoms with Gasteiger partial charge in [0.05, 0.1) is 5.69 Å². The minimum absolute atomic E-state index is 0.186. The summed E-state index contributed by atoms with van der Waals surface area (Å²) in [6, 6.07) is 15.7. The molecule has 144 valence electrons. The van der Waals surface area contributed by atoms with Crippen LogP contribution in [0.15, 0.2) is 59.4 Å². The van der Waals surface area contributed by atoms with E-state index < -0.39 is 0 Å². The van der Waals surface area contributed by atoms with Crippen molar-refractivity contribution in [2.45, 2.75) is 20.4 Å². The maximum Gasteiger partial charge on any atom is 0.271 e. The van der Waals surface area contributed by atoms with Gasteiger partial charge in [-0.05, 0) is 48.7 Å². The van der Waals surface area contributed by atoms with E-state index in [0.29, 0.717) is 17.3 Å². The van der Waals surface area contributed by atoms with Crippen LogP contribution in [-0.4, -0.2) is 22.3 Å². The van der Waals surface area contributed by atoms with Gasteiger partial charge in [-0.3, -0.25) is 9.59 Å². The first-order valence-corrected chi connectivity index (χ1v) is 9.13. The van der Waals surface area contributed by atoms with Crippen molar-refractivity contribution >= 4 is 17.5 Å². The molecule has 28 heavy (non-hydrogen) atoms. The molecule has 1 heterocycles. The predicted molar refractivity (Wildman–Crippen MR) is 108 cm³/mol. The van der Waals surface area contributed by atoms with Crippen molar-refractivity contribution in [1.82, 2.24) is 15.1 Å². The zero-order valence-corrected chi connectivity index (χ0v) is 16.4. The Hall–Kier alpha value is -3.12. The van der Waals surface area contributed by atoms with Gasteiger partial charge in [-0.25, -0.2) is 0 Å². The Morgan fingerprint density at radius 2 is 1.89 bits per heavy atom. The van der Waals surface area contributed by atoms with E-state index in [1.165, 1.54) is 16.8 Å². The van der Waals surface area contributed by atoms with Gasteiger partial charge in [0.2, 0.25) is 5.88 Å². The molecule has 1 aromatic heterocycles. The van der Waals surface area contributed by atoms with Gasteiger partial charge < -0.3 is 10.1 Å². The van der Waals surface area contributed by atoms with Crippen LogP contribution >= 0.6 is 11.6 Å². The van der Waals surface area contributed by atoms with Crippen LogP contribution < -0.4 is 15.6 Å². The molecular weight excluding hydrogens is 378 g/mol. The second-order valence-electron chi connectivity index (χ2n) is 6.35. The number of hydrogen-bond donors (Lipinski definition) is 1. The van der Waals surface area contributed by atoms with E-state index in [9.17, 15) is 9.59 Å². The number of aromatic nitrogens is 2. The molecule has 0 saturated carbocycles. The van der Waals surface area contributed by atoms with Crippen molar-refractivity contribution in [2.75, 3.05) is 6.61 Å². The topological polar surface area (TPSA) is 73.2 Å². The summed E-state index contributed by atoms with van der Waals surface area (Å²) in [5, 5.41) is 7.52. The molecule has 1 amide bonds. The first kappa shape index (κ1) is 19.6. The second kappa shape index (κ2) is 8.71. The molecule has 0 spiro atoms. The van der Waals surface area contributed by atoms with E-state index in [-0.39, 0.29) is 24.0 Å². The summed E-state index contributed by atoms with van der Waals surface area (Å²) in [5.41, 5.74) is 3.36. The number of halogens is 1. The summed E-state index contributed by atoms with van der Waals surface area (Å²) < 4.78 is 6.70. The smallest absolute Gasteiger partial charge is 0.271 e. The first-order valence-electron chi connectivity index (χ1n) is 8.75. The Kier molecular flexibility index (Phi) is 6.11. The van der Waals surface area contributed by atoms with Gasteiger partial charge in [0.1, 0.15) is 0 Å². The first-order chi connectivity index (χ1) is 13.4. The summed E-state index contributed by atoms with van der Waals surface area (Å²) >= 11 is 6.07. The van der Waals surface area contributed by atoms with Crippen molar-refractivity contribution in [1.29, 1.82) is 0 Å². The highest BCUT2D eigenvalue weighted by Crippen LogP contribution is 2.15. The van der Waals surface area contributed by atoms with E-state index >= 15 is 0 Å². The van der Waals surface area contributed by atoms with Crippen LogP contribution in [0.2, 0.25) is 5.02 Å². The summed E-state index contributed by atoms with van der Waals surface area (Å²) in [4.78, 5) is 24.2. The number of ether oxygens (including phenoxy) is 1. The minimum atomic E-state index is -0.314. The Bertz CT molecular complexity index is 1060. The average Bonchev–Trinajstić information content (AvgIpc) is 2.69. The molecule has 0 radical (unpaired) electrons. The lowest BCUT2D eigenvalue weighted by Crippen LogP contribution is -2.29. The number of carbonyl (C=O) groups is 1. The van der Waals surface area contributed by atoms with Crippen molar-refractivity contribution < 1.29 is 9.53 Å². The quantitative estimate of drug-likeness (QED) is 0.693. The number of aryl methyl sites for hydroxylation is 2. The second-order valence-corrected chi connectivity index (χ2v) is 6.75. The maximum absolute atomic E-state index is 12.2. The number of amides is 1. The van der Waals surface area contributed by atoms with E-state index in [4.69, 9.17) is 16.3 Å². The summed E-state index contributed by atoms with van der Waals surface area (Å²) in [5.74, 6) is -0.128. The van der Waals surface area contributed by atoms with E-state index in [2.05, 4.69) is 10.4 Å². The van der Waals surface area contributed by atoms with Gasteiger partial charge in [-0.2, -0.15) is 4.68 Å². The number of rotatable bonds is 6. The fraction of sp³-hybridized carbons (Fsp3) is 0.190. The van der Waals surface area contributed by atoms with Crippen molar-refractivity contribution in [3.8, 4) is 11.6 Å². The van der Waals surface area contributed by atoms with E-state index in [0.717, 1.165) is 16.7 Å². The zero-order valence-electron chi connectivity index (χ0n) is 15.6. The highest BCUT2D eigenvalue weighted by atomic mass is 35.5. The van der Waals surface area contributed by atoms with Gasteiger partial charge in [0.25, 0.3) is 11.5 Å². The standard InChI is InChI=1S/C21H20ClN3O3/c1-14-7-8-17(11-15(14)2)25-21(27)10-9-20(24-25)28-13-19(26)23-12-16-5-3-4-6-18(16)22/h3-11H,12-13H2,1-2H3,(H,23,26). The molecule has 0 aliphatic heterocycles. The van der Waals surface area contributed by atoms with Gasteiger partial charge in [-0.15, -0.1) is 5.10 Å². The molecule has 0 unspecified atom stereocenters. The van der Waals surface area contributed by atoms with Crippen LogP contribution in [0.3, 0.4) is 0 Å². The summed E-state index contributed by atoms with van der Waals surface area (Å²) in [6.45, 7) is 4.05. The maximum atomic E-state index is 12.2. The van der Waals surface area contributed by atoms with Crippen molar-refractivity contribution in [3.63, 3.8) is 0 Å². The van der Waals surface area contributed by atoms with Crippen LogP contribution in [0.4, 0.5) is 0 Å². The molecule has 0 fully saturated rings. The van der Waals surface area contributed by atoms with Gasteiger partial charge >= 0.3 is 0 Å². The molecule has 7 heteroatoms. The third kappa shape index (κ3) is 4.78. The van der Waals surface area contributed by atoms with E-state index in [1.807, 2.05) is 50.2 Å². The molecule has 3 rings (SSSR count).